The van der Waals surface area contributed by atoms with E-state index < -0.39 is 0 Å². The molecule has 4 aromatic rings. The van der Waals surface area contributed by atoms with Crippen molar-refractivity contribution in [2.75, 3.05) is 0 Å². The van der Waals surface area contributed by atoms with E-state index in [1.807, 2.05) is 0 Å². The van der Waals surface area contributed by atoms with Crippen molar-refractivity contribution in [3.05, 3.63) is 93.0 Å². The third kappa shape index (κ3) is 3.94. The summed E-state index contributed by atoms with van der Waals surface area (Å²) in [6.45, 7) is 28.3. The minimum atomic E-state index is 0.0940. The first-order valence-corrected chi connectivity index (χ1v) is 16.4. The first-order chi connectivity index (χ1) is 18.8. The highest BCUT2D eigenvalue weighted by atomic mass is 32.2. The molecule has 0 N–H and O–H groups in total. The lowest BCUT2D eigenvalue weighted by Gasteiger charge is -2.24. The molecule has 0 bridgehead atoms. The molecule has 7 rings (SSSR count). The zero-order chi connectivity index (χ0) is 29.6. The van der Waals surface area contributed by atoms with Gasteiger partial charge in [0.25, 0.3) is 0 Å². The maximum Gasteiger partial charge on any atom is 0.0572 e. The molecule has 3 aliphatic rings. The molecule has 0 amide bonds. The van der Waals surface area contributed by atoms with E-state index in [0.717, 1.165) is 0 Å². The van der Waals surface area contributed by atoms with Gasteiger partial charge in [-0.1, -0.05) is 132 Å². The summed E-state index contributed by atoms with van der Waals surface area (Å²) in [5.74, 6) is 0. The Hall–Kier alpha value is -2.51. The number of thioether (sulfide) groups is 1. The minimum Gasteiger partial charge on any atom is -0.136 e. The van der Waals surface area contributed by atoms with Crippen LogP contribution < -0.4 is 0 Å². The first-order valence-electron chi connectivity index (χ1n) is 15.5. The SMILES string of the molecule is CC(C)(C)c1cc2c3c(cc(C(C)(C)C)cc3c1)C1SC3C(=C21)c1cc(C(C)(C)C)cc2cc(C(C)(C)C)cc3c12. The van der Waals surface area contributed by atoms with Crippen LogP contribution in [0.2, 0.25) is 0 Å². The largest absolute Gasteiger partial charge is 0.136 e. The van der Waals surface area contributed by atoms with Crippen LogP contribution in [0.5, 0.6) is 0 Å². The molecular formula is C40H46S. The lowest BCUT2D eigenvalue weighted by Crippen LogP contribution is -2.13. The summed E-state index contributed by atoms with van der Waals surface area (Å²) in [6, 6.07) is 20.2. The monoisotopic (exact) mass is 558 g/mol. The molecule has 212 valence electrons. The van der Waals surface area contributed by atoms with Crippen LogP contribution in [0.4, 0.5) is 0 Å². The second-order valence-corrected chi connectivity index (χ2v) is 18.3. The standard InChI is InChI=1S/C40H46S/c1-37(2,3)23-13-21-15-25(39(7,8)9)19-29-31(21)27(17-23)33-34-28-18-24(38(4,5)6)14-22-16-26(40(10,11)12)20-30(32(22)28)36(34)41-35(29)33/h13-20,35-36H,1-12H3. The van der Waals surface area contributed by atoms with Crippen LogP contribution in [0.3, 0.4) is 0 Å². The number of fused-ring (bicyclic) bond motifs is 6. The van der Waals surface area contributed by atoms with Gasteiger partial charge in [0.15, 0.2) is 0 Å². The van der Waals surface area contributed by atoms with E-state index in [2.05, 4.69) is 143 Å². The van der Waals surface area contributed by atoms with Gasteiger partial charge < -0.3 is 0 Å². The highest BCUT2D eigenvalue weighted by Gasteiger charge is 2.47. The van der Waals surface area contributed by atoms with Crippen molar-refractivity contribution in [2.45, 2.75) is 115 Å². The maximum absolute atomic E-state index is 2.56. The Morgan fingerprint density at radius 3 is 1.00 bits per heavy atom. The first kappa shape index (κ1) is 27.3. The van der Waals surface area contributed by atoms with E-state index >= 15 is 0 Å². The predicted octanol–water partition coefficient (Wildman–Crippen LogP) is 11.9. The van der Waals surface area contributed by atoms with Crippen LogP contribution in [0.25, 0.3) is 32.7 Å². The third-order valence-corrected chi connectivity index (χ3v) is 11.4. The zero-order valence-electron chi connectivity index (χ0n) is 27.2. The van der Waals surface area contributed by atoms with Crippen molar-refractivity contribution >= 4 is 44.5 Å². The van der Waals surface area contributed by atoms with Gasteiger partial charge in [0.1, 0.15) is 0 Å². The van der Waals surface area contributed by atoms with Gasteiger partial charge in [-0.2, -0.15) is 0 Å². The van der Waals surface area contributed by atoms with Crippen LogP contribution in [-0.4, -0.2) is 0 Å². The van der Waals surface area contributed by atoms with E-state index in [0.29, 0.717) is 10.5 Å². The predicted molar refractivity (Wildman–Crippen MR) is 183 cm³/mol. The molecule has 2 aliphatic carbocycles. The second-order valence-electron chi connectivity index (χ2n) is 17.1. The highest BCUT2D eigenvalue weighted by Crippen LogP contribution is 2.70. The van der Waals surface area contributed by atoms with E-state index in [9.17, 15) is 0 Å². The Balaban J connectivity index is 1.59. The average molecular weight is 559 g/mol. The third-order valence-electron chi connectivity index (χ3n) is 9.86. The summed E-state index contributed by atoms with van der Waals surface area (Å²) in [6.07, 6.45) is 0. The molecule has 0 nitrogen and oxygen atoms in total. The molecule has 0 saturated heterocycles. The molecule has 2 unspecified atom stereocenters. The van der Waals surface area contributed by atoms with Crippen LogP contribution in [0.15, 0.2) is 48.5 Å². The summed E-state index contributed by atoms with van der Waals surface area (Å²) in [5.41, 5.74) is 15.5. The minimum absolute atomic E-state index is 0.0940. The van der Waals surface area contributed by atoms with E-state index in [4.69, 9.17) is 0 Å². The smallest absolute Gasteiger partial charge is 0.0572 e. The van der Waals surface area contributed by atoms with E-state index in [1.54, 1.807) is 22.3 Å². The van der Waals surface area contributed by atoms with Gasteiger partial charge in [-0.15, -0.1) is 11.8 Å². The van der Waals surface area contributed by atoms with Crippen molar-refractivity contribution in [3.63, 3.8) is 0 Å². The lowest BCUT2D eigenvalue weighted by atomic mass is 9.81. The van der Waals surface area contributed by atoms with Crippen molar-refractivity contribution in [2.24, 2.45) is 0 Å². The number of hydrogen-bond acceptors (Lipinski definition) is 1. The van der Waals surface area contributed by atoms with E-state index in [-0.39, 0.29) is 21.7 Å². The molecule has 1 heterocycles. The topological polar surface area (TPSA) is 0 Å². The van der Waals surface area contributed by atoms with Crippen molar-refractivity contribution in [3.8, 4) is 0 Å². The van der Waals surface area contributed by atoms with Crippen LogP contribution in [-0.2, 0) is 21.7 Å². The molecule has 0 spiro atoms. The molecule has 0 fully saturated rings. The fraction of sp³-hybridized carbons (Fsp3) is 0.450. The van der Waals surface area contributed by atoms with Crippen molar-refractivity contribution < 1.29 is 0 Å². The number of rotatable bonds is 0. The number of benzene rings is 4. The van der Waals surface area contributed by atoms with Gasteiger partial charge in [0.2, 0.25) is 0 Å². The summed E-state index contributed by atoms with van der Waals surface area (Å²) in [4.78, 5) is 0. The van der Waals surface area contributed by atoms with Crippen LogP contribution in [0.1, 0.15) is 138 Å². The van der Waals surface area contributed by atoms with Crippen LogP contribution in [0, 0.1) is 0 Å². The van der Waals surface area contributed by atoms with Gasteiger partial charge in [-0.3, -0.25) is 0 Å². The van der Waals surface area contributed by atoms with Gasteiger partial charge >= 0.3 is 0 Å². The fourth-order valence-corrected chi connectivity index (χ4v) is 8.97. The Kier molecular flexibility index (Phi) is 5.40. The normalized spacial score (nSPS) is 20.0. The molecule has 4 aromatic carbocycles. The lowest BCUT2D eigenvalue weighted by molar-refractivity contribution is 0.588. The second kappa shape index (κ2) is 8.10. The highest BCUT2D eigenvalue weighted by molar-refractivity contribution is 8.01. The van der Waals surface area contributed by atoms with Gasteiger partial charge in [-0.05, 0) is 98.9 Å². The summed E-state index contributed by atoms with van der Waals surface area (Å²) in [7, 11) is 0. The molecule has 0 saturated carbocycles. The molecule has 2 atom stereocenters. The average Bonchev–Trinajstić information content (AvgIpc) is 3.46. The quantitative estimate of drug-likeness (QED) is 0.207. The van der Waals surface area contributed by atoms with Gasteiger partial charge in [-0.25, -0.2) is 0 Å². The van der Waals surface area contributed by atoms with Gasteiger partial charge in [0.05, 0.1) is 10.5 Å². The van der Waals surface area contributed by atoms with Crippen molar-refractivity contribution in [1.82, 2.24) is 0 Å². The van der Waals surface area contributed by atoms with Crippen LogP contribution >= 0.6 is 11.8 Å². The van der Waals surface area contributed by atoms with Gasteiger partial charge in [0, 0.05) is 0 Å². The molecule has 1 aliphatic heterocycles. The molecular weight excluding hydrogens is 513 g/mol. The summed E-state index contributed by atoms with van der Waals surface area (Å²) < 4.78 is 0. The molecule has 1 heteroatoms. The molecule has 0 radical (unpaired) electrons. The summed E-state index contributed by atoms with van der Waals surface area (Å²) in [5, 5.41) is 6.63. The summed E-state index contributed by atoms with van der Waals surface area (Å²) >= 11 is 2.20. The molecule has 41 heavy (non-hydrogen) atoms. The Morgan fingerprint density at radius 1 is 0.415 bits per heavy atom. The Bertz CT molecular complexity index is 1690. The Morgan fingerprint density at radius 2 is 0.707 bits per heavy atom. The number of hydrogen-bond donors (Lipinski definition) is 0. The zero-order valence-corrected chi connectivity index (χ0v) is 28.0. The molecule has 0 aromatic heterocycles. The Labute approximate surface area is 252 Å². The fourth-order valence-electron chi connectivity index (χ4n) is 7.25. The van der Waals surface area contributed by atoms with E-state index in [1.165, 1.54) is 54.9 Å². The van der Waals surface area contributed by atoms with Crippen molar-refractivity contribution in [1.29, 1.82) is 0 Å². The maximum atomic E-state index is 2.56.